The molecule has 1 aromatic carbocycles. The maximum atomic E-state index is 14.0. The van der Waals surface area contributed by atoms with Gasteiger partial charge in [-0.1, -0.05) is 6.07 Å². The van der Waals surface area contributed by atoms with Gasteiger partial charge in [-0.2, -0.15) is 0 Å². The van der Waals surface area contributed by atoms with Crippen molar-refractivity contribution in [1.29, 1.82) is 0 Å². The monoisotopic (exact) mass is 284 g/mol. The zero-order valence-electron chi connectivity index (χ0n) is 12.6. The molecule has 1 N–H and O–H groups in total. The molecule has 0 amide bonds. The summed E-state index contributed by atoms with van der Waals surface area (Å²) in [5, 5.41) is 3.02. The first-order chi connectivity index (χ1) is 9.74. The first-order valence-corrected chi connectivity index (χ1v) is 6.89. The summed E-state index contributed by atoms with van der Waals surface area (Å²) in [6, 6.07) is 5.21. The van der Waals surface area contributed by atoms with Crippen molar-refractivity contribution in [2.75, 3.05) is 52.5 Å². The maximum Gasteiger partial charge on any atom is 0.129 e. The number of nitrogens with zero attached hydrogens (tertiary/aromatic N) is 1. The molecule has 0 heterocycles. The van der Waals surface area contributed by atoms with Gasteiger partial charge in [0.1, 0.15) is 5.82 Å². The van der Waals surface area contributed by atoms with Crippen LogP contribution in [0.25, 0.3) is 0 Å². The number of halogens is 1. The summed E-state index contributed by atoms with van der Waals surface area (Å²) in [5.74, 6) is -0.175. The molecule has 0 saturated heterocycles. The summed E-state index contributed by atoms with van der Waals surface area (Å²) >= 11 is 0. The zero-order valence-corrected chi connectivity index (χ0v) is 12.6. The van der Waals surface area contributed by atoms with Gasteiger partial charge in [-0.25, -0.2) is 4.39 Å². The first-order valence-electron chi connectivity index (χ1n) is 6.89. The van der Waals surface area contributed by atoms with Crippen molar-refractivity contribution in [1.82, 2.24) is 5.32 Å². The molecule has 1 rings (SSSR count). The van der Waals surface area contributed by atoms with Crippen molar-refractivity contribution in [3.05, 3.63) is 29.6 Å². The van der Waals surface area contributed by atoms with E-state index in [1.54, 1.807) is 20.3 Å². The molecular formula is C15H25FN2O2. The van der Waals surface area contributed by atoms with Gasteiger partial charge in [0, 0.05) is 51.7 Å². The summed E-state index contributed by atoms with van der Waals surface area (Å²) in [6.45, 7) is 3.37. The molecule has 5 heteroatoms. The fraction of sp³-hybridized carbons (Fsp3) is 0.600. The third-order valence-electron chi connectivity index (χ3n) is 3.13. The van der Waals surface area contributed by atoms with Crippen LogP contribution in [0.15, 0.2) is 18.2 Å². The van der Waals surface area contributed by atoms with Gasteiger partial charge in [-0.05, 0) is 25.6 Å². The smallest absolute Gasteiger partial charge is 0.129 e. The quantitative estimate of drug-likeness (QED) is 0.667. The van der Waals surface area contributed by atoms with Crippen LogP contribution in [-0.2, 0) is 16.0 Å². The molecule has 0 aliphatic rings. The van der Waals surface area contributed by atoms with Gasteiger partial charge in [-0.3, -0.25) is 0 Å². The maximum absolute atomic E-state index is 14.0. The highest BCUT2D eigenvalue weighted by molar-refractivity contribution is 5.54. The lowest BCUT2D eigenvalue weighted by molar-refractivity contribution is 0.191. The van der Waals surface area contributed by atoms with Crippen LogP contribution in [0.5, 0.6) is 0 Å². The minimum atomic E-state index is -0.175. The Morgan fingerprint density at radius 3 is 2.55 bits per heavy atom. The van der Waals surface area contributed by atoms with E-state index in [4.69, 9.17) is 9.47 Å². The summed E-state index contributed by atoms with van der Waals surface area (Å²) in [4.78, 5) is 2.15. The highest BCUT2D eigenvalue weighted by atomic mass is 19.1. The van der Waals surface area contributed by atoms with Crippen LogP contribution in [0.4, 0.5) is 10.1 Å². The molecular weight excluding hydrogens is 259 g/mol. The molecule has 1 aromatic rings. The second kappa shape index (κ2) is 9.69. The predicted molar refractivity (Wildman–Crippen MR) is 79.7 cm³/mol. The fourth-order valence-corrected chi connectivity index (χ4v) is 2.15. The highest BCUT2D eigenvalue weighted by Crippen LogP contribution is 2.23. The molecule has 0 radical (unpaired) electrons. The lowest BCUT2D eigenvalue weighted by Crippen LogP contribution is -2.30. The van der Waals surface area contributed by atoms with E-state index in [2.05, 4.69) is 10.2 Å². The summed E-state index contributed by atoms with van der Waals surface area (Å²) < 4.78 is 24.2. The highest BCUT2D eigenvalue weighted by Gasteiger charge is 2.14. The van der Waals surface area contributed by atoms with E-state index in [9.17, 15) is 4.39 Å². The summed E-state index contributed by atoms with van der Waals surface area (Å²) in [5.41, 5.74) is 1.62. The molecule has 0 saturated carbocycles. The van der Waals surface area contributed by atoms with Crippen LogP contribution in [-0.4, -0.2) is 47.6 Å². The molecule has 0 bridgehead atoms. The van der Waals surface area contributed by atoms with Crippen LogP contribution in [0.2, 0.25) is 0 Å². The topological polar surface area (TPSA) is 33.7 Å². The Hall–Kier alpha value is -1.17. The molecule has 0 fully saturated rings. The Labute approximate surface area is 120 Å². The summed E-state index contributed by atoms with van der Waals surface area (Å²) in [7, 11) is 5.18. The Kier molecular flexibility index (Phi) is 8.18. The third-order valence-corrected chi connectivity index (χ3v) is 3.13. The molecule has 0 atom stereocenters. The molecule has 0 aliphatic carbocycles. The minimum Gasteiger partial charge on any atom is -0.385 e. The third kappa shape index (κ3) is 5.07. The first kappa shape index (κ1) is 16.9. The number of hydrogen-bond acceptors (Lipinski definition) is 4. The minimum absolute atomic E-state index is 0.175. The van der Waals surface area contributed by atoms with Gasteiger partial charge < -0.3 is 19.7 Å². The number of nitrogens with one attached hydrogen (secondary N) is 1. The standard InChI is InChI=1S/C15H25FN2O2/c1-17-12-13-14(16)6-4-7-15(13)18(9-11-20-3)8-5-10-19-2/h4,6-7,17H,5,8-12H2,1-3H3. The number of ether oxygens (including phenoxy) is 2. The molecule has 20 heavy (non-hydrogen) atoms. The van der Waals surface area contributed by atoms with E-state index in [0.717, 1.165) is 25.2 Å². The van der Waals surface area contributed by atoms with Crippen LogP contribution >= 0.6 is 0 Å². The van der Waals surface area contributed by atoms with E-state index < -0.39 is 0 Å². The van der Waals surface area contributed by atoms with Crippen molar-refractivity contribution in [2.45, 2.75) is 13.0 Å². The Balaban J connectivity index is 2.89. The molecule has 0 unspecified atom stereocenters. The number of anilines is 1. The van der Waals surface area contributed by atoms with E-state index >= 15 is 0 Å². The van der Waals surface area contributed by atoms with Crippen molar-refractivity contribution in [3.63, 3.8) is 0 Å². The van der Waals surface area contributed by atoms with Gasteiger partial charge in [0.15, 0.2) is 0 Å². The van der Waals surface area contributed by atoms with Crippen molar-refractivity contribution >= 4 is 5.69 Å². The normalized spacial score (nSPS) is 10.8. The Bertz CT molecular complexity index is 388. The fourth-order valence-electron chi connectivity index (χ4n) is 2.15. The number of methoxy groups -OCH3 is 2. The van der Waals surface area contributed by atoms with Gasteiger partial charge >= 0.3 is 0 Å². The average Bonchev–Trinajstić information content (AvgIpc) is 2.45. The van der Waals surface area contributed by atoms with Crippen molar-refractivity contribution in [3.8, 4) is 0 Å². The van der Waals surface area contributed by atoms with Crippen molar-refractivity contribution in [2.24, 2.45) is 0 Å². The van der Waals surface area contributed by atoms with E-state index in [1.807, 2.05) is 13.1 Å². The molecule has 0 aromatic heterocycles. The summed E-state index contributed by atoms with van der Waals surface area (Å²) in [6.07, 6.45) is 0.899. The van der Waals surface area contributed by atoms with Gasteiger partial charge in [0.05, 0.1) is 6.61 Å². The van der Waals surface area contributed by atoms with Crippen LogP contribution in [0, 0.1) is 5.82 Å². The second-order valence-electron chi connectivity index (χ2n) is 4.59. The molecule has 4 nitrogen and oxygen atoms in total. The predicted octanol–water partition coefficient (Wildman–Crippen LogP) is 2.03. The lowest BCUT2D eigenvalue weighted by Gasteiger charge is -2.27. The number of hydrogen-bond donors (Lipinski definition) is 1. The van der Waals surface area contributed by atoms with Crippen LogP contribution < -0.4 is 10.2 Å². The van der Waals surface area contributed by atoms with Gasteiger partial charge in [-0.15, -0.1) is 0 Å². The molecule has 114 valence electrons. The molecule has 0 aliphatic heterocycles. The second-order valence-corrected chi connectivity index (χ2v) is 4.59. The van der Waals surface area contributed by atoms with E-state index in [0.29, 0.717) is 25.3 Å². The SMILES string of the molecule is CNCc1c(F)cccc1N(CCCOC)CCOC. The Morgan fingerprint density at radius 2 is 1.90 bits per heavy atom. The van der Waals surface area contributed by atoms with E-state index in [-0.39, 0.29) is 5.82 Å². The average molecular weight is 284 g/mol. The number of rotatable bonds is 10. The molecule has 0 spiro atoms. The van der Waals surface area contributed by atoms with Crippen LogP contribution in [0.1, 0.15) is 12.0 Å². The van der Waals surface area contributed by atoms with E-state index in [1.165, 1.54) is 6.07 Å². The van der Waals surface area contributed by atoms with Gasteiger partial charge in [0.25, 0.3) is 0 Å². The van der Waals surface area contributed by atoms with Crippen LogP contribution in [0.3, 0.4) is 0 Å². The number of benzene rings is 1. The Morgan fingerprint density at radius 1 is 1.15 bits per heavy atom. The largest absolute Gasteiger partial charge is 0.385 e. The van der Waals surface area contributed by atoms with Gasteiger partial charge in [0.2, 0.25) is 0 Å². The van der Waals surface area contributed by atoms with Crippen molar-refractivity contribution < 1.29 is 13.9 Å². The lowest BCUT2D eigenvalue weighted by atomic mass is 10.1. The zero-order chi connectivity index (χ0) is 14.8.